The van der Waals surface area contributed by atoms with Gasteiger partial charge in [-0.1, -0.05) is 272 Å². The lowest BCUT2D eigenvalue weighted by atomic mass is 10.00. The van der Waals surface area contributed by atoms with Crippen molar-refractivity contribution in [2.24, 2.45) is 0 Å². The number of esters is 1. The molecule has 0 bridgehead atoms. The van der Waals surface area contributed by atoms with E-state index in [1.54, 1.807) is 14.2 Å². The number of H-pyrrole nitrogens is 8. The van der Waals surface area contributed by atoms with Crippen LogP contribution in [0.3, 0.4) is 0 Å². The first-order valence-corrected chi connectivity index (χ1v) is 53.1. The van der Waals surface area contributed by atoms with E-state index in [1.165, 1.54) is 227 Å². The van der Waals surface area contributed by atoms with Gasteiger partial charge in [-0.25, -0.2) is 39.9 Å². The van der Waals surface area contributed by atoms with Gasteiger partial charge in [-0.2, -0.15) is 0 Å². The zero-order chi connectivity index (χ0) is 96.9. The van der Waals surface area contributed by atoms with E-state index in [-0.39, 0.29) is 30.8 Å². The Labute approximate surface area is 839 Å². The number of rotatable bonds is 28. The van der Waals surface area contributed by atoms with E-state index >= 15 is 0 Å². The van der Waals surface area contributed by atoms with Crippen molar-refractivity contribution in [3.63, 3.8) is 0 Å². The number of carbonyl (C=O) groups is 1. The summed E-state index contributed by atoms with van der Waals surface area (Å²) in [6.45, 7) is 7.47. The lowest BCUT2D eigenvalue weighted by Crippen LogP contribution is -2.17. The van der Waals surface area contributed by atoms with Crippen molar-refractivity contribution in [3.05, 3.63) is 288 Å². The van der Waals surface area contributed by atoms with Crippen LogP contribution < -0.4 is 16.0 Å². The summed E-state index contributed by atoms with van der Waals surface area (Å²) in [5.74, 6) is 11.5. The molecule has 8 aromatic heterocycles. The van der Waals surface area contributed by atoms with Crippen molar-refractivity contribution in [1.82, 2.24) is 95.7 Å². The maximum absolute atomic E-state index is 12.0. The number of methoxy groups -OCH3 is 3. The van der Waals surface area contributed by atoms with Crippen LogP contribution in [0.2, 0.25) is 0 Å². The highest BCUT2D eigenvalue weighted by Gasteiger charge is 2.31. The molecule has 5 aliphatic carbocycles. The Morgan fingerprint density at radius 2 is 0.538 bits per heavy atom. The van der Waals surface area contributed by atoms with Crippen molar-refractivity contribution in [2.45, 2.75) is 260 Å². The molecule has 23 nitrogen and oxygen atoms in total. The molecule has 11 heterocycles. The van der Waals surface area contributed by atoms with E-state index in [2.05, 4.69) is 284 Å². The van der Waals surface area contributed by atoms with Crippen LogP contribution in [0, 0.1) is 6.92 Å². The van der Waals surface area contributed by atoms with Crippen LogP contribution in [0.1, 0.15) is 297 Å². The SMILES string of the molecule is CCCc1[nH]c([C@@H]2CCCN2)nc1-c1ccc(-c2ccc(-c3cnc(C4CCCC4)[nH]3)cc2)cc1.COC(=O)Cc1[nH]c([C@@H]2CCCN2)nc1-c1ccc(-c2ccc(-c3cnc(C4CCCC4)[nH]3)cc2)cc1.COC(Cc1[nH]c([C@@H]2CCCN2)nc1-c1ccc(-c2ccc(-c3cnc(C4CCCC4)[nH]3)cc2)cc1)OC.Cc1[nH]c(C2CCCC2)nc1-c1ccc(-c2ccc(-c3cnc(C4CCCC4)[nH]3)cc2)cc1. The molecule has 3 atom stereocenters. The number of hydrogen-bond acceptors (Lipinski definition) is 15. The zero-order valence-electron chi connectivity index (χ0n) is 83.5. The Balaban J connectivity index is 0.000000113. The molecule has 0 unspecified atom stereocenters. The van der Waals surface area contributed by atoms with Gasteiger partial charge in [0.1, 0.15) is 46.6 Å². The van der Waals surface area contributed by atoms with Gasteiger partial charge in [0.2, 0.25) is 0 Å². The second kappa shape index (κ2) is 45.1. The molecule has 16 aromatic rings. The summed E-state index contributed by atoms with van der Waals surface area (Å²) < 4.78 is 15.9. The topological polar surface area (TPSA) is 310 Å². The highest BCUT2D eigenvalue weighted by atomic mass is 16.7. The second-order valence-electron chi connectivity index (χ2n) is 40.8. The van der Waals surface area contributed by atoms with Gasteiger partial charge in [-0.05, 0) is 202 Å². The molecule has 3 saturated heterocycles. The van der Waals surface area contributed by atoms with Crippen molar-refractivity contribution < 1.29 is 19.0 Å². The molecule has 8 aromatic carbocycles. The number of hydrogen-bond donors (Lipinski definition) is 11. The van der Waals surface area contributed by atoms with Crippen LogP contribution in [0.15, 0.2) is 219 Å². The molecular formula is C120H137N19O4. The van der Waals surface area contributed by atoms with Gasteiger partial charge < -0.3 is 70.0 Å². The summed E-state index contributed by atoms with van der Waals surface area (Å²) in [4.78, 5) is 79.0. The van der Waals surface area contributed by atoms with Gasteiger partial charge in [0.05, 0.1) is 108 Å². The van der Waals surface area contributed by atoms with Crippen LogP contribution in [0.25, 0.3) is 135 Å². The van der Waals surface area contributed by atoms with Crippen LogP contribution in [-0.2, 0) is 38.3 Å². The summed E-state index contributed by atoms with van der Waals surface area (Å²) >= 11 is 0. The van der Waals surface area contributed by atoms with E-state index in [0.717, 1.165) is 184 Å². The molecule has 736 valence electrons. The highest BCUT2D eigenvalue weighted by Crippen LogP contribution is 2.43. The van der Waals surface area contributed by atoms with E-state index < -0.39 is 0 Å². The third-order valence-corrected chi connectivity index (χ3v) is 31.3. The highest BCUT2D eigenvalue weighted by molar-refractivity contribution is 5.79. The first kappa shape index (κ1) is 95.9. The van der Waals surface area contributed by atoms with E-state index in [0.29, 0.717) is 42.1 Å². The van der Waals surface area contributed by atoms with Crippen molar-refractivity contribution >= 4 is 5.97 Å². The summed E-state index contributed by atoms with van der Waals surface area (Å²) in [5, 5.41) is 10.6. The molecule has 5 saturated carbocycles. The van der Waals surface area contributed by atoms with Gasteiger partial charge in [-0.3, -0.25) is 4.79 Å². The van der Waals surface area contributed by atoms with Crippen molar-refractivity contribution in [1.29, 1.82) is 0 Å². The largest absolute Gasteiger partial charge is 0.469 e. The minimum Gasteiger partial charge on any atom is -0.469 e. The summed E-state index contributed by atoms with van der Waals surface area (Å²) in [7, 11) is 4.76. The minimum atomic E-state index is -0.319. The van der Waals surface area contributed by atoms with Gasteiger partial charge in [0.15, 0.2) is 6.29 Å². The first-order valence-electron chi connectivity index (χ1n) is 53.1. The molecular weight excluding hydrogens is 1770 g/mol. The minimum absolute atomic E-state index is 0.171. The van der Waals surface area contributed by atoms with Crippen LogP contribution in [0.4, 0.5) is 0 Å². The maximum Gasteiger partial charge on any atom is 0.311 e. The Kier molecular flexibility index (Phi) is 30.2. The van der Waals surface area contributed by atoms with Gasteiger partial charge in [0, 0.05) is 89.6 Å². The average molecular weight is 1910 g/mol. The number of carbonyl (C=O) groups excluding carboxylic acids is 1. The Hall–Kier alpha value is -13.3. The lowest BCUT2D eigenvalue weighted by molar-refractivity contribution is -0.139. The fourth-order valence-corrected chi connectivity index (χ4v) is 23.0. The van der Waals surface area contributed by atoms with Crippen LogP contribution >= 0.6 is 0 Å². The lowest BCUT2D eigenvalue weighted by Gasteiger charge is -2.13. The predicted octanol–water partition coefficient (Wildman–Crippen LogP) is 27.2. The molecule has 23 heteroatoms. The normalized spacial score (nSPS) is 18.0. The number of nitrogens with zero attached hydrogens (tertiary/aromatic N) is 8. The molecule has 0 spiro atoms. The van der Waals surface area contributed by atoms with E-state index in [1.807, 2.05) is 24.8 Å². The fraction of sp³-hybridized carbons (Fsp3) is 0.392. The first-order chi connectivity index (χ1) is 70.4. The molecule has 143 heavy (non-hydrogen) atoms. The third kappa shape index (κ3) is 22.4. The molecule has 24 rings (SSSR count). The maximum atomic E-state index is 12.0. The number of imidazole rings is 8. The number of ether oxygens (including phenoxy) is 3. The van der Waals surface area contributed by atoms with Crippen molar-refractivity contribution in [3.8, 4) is 135 Å². The zero-order valence-corrected chi connectivity index (χ0v) is 83.5. The monoisotopic (exact) mass is 1910 g/mol. The predicted molar refractivity (Wildman–Crippen MR) is 570 cm³/mol. The van der Waals surface area contributed by atoms with Crippen LogP contribution in [-0.4, -0.2) is 133 Å². The number of aryl methyl sites for hydroxylation is 2. The Bertz CT molecular complexity index is 6800. The number of nitrogens with one attached hydrogen (secondary N) is 11. The molecule has 0 radical (unpaired) electrons. The number of aromatic nitrogens is 16. The van der Waals surface area contributed by atoms with E-state index in [9.17, 15) is 4.79 Å². The molecule has 11 N–H and O–H groups in total. The summed E-state index contributed by atoms with van der Waals surface area (Å²) in [5.41, 5.74) is 31.3. The molecule has 3 aliphatic heterocycles. The van der Waals surface area contributed by atoms with Crippen molar-refractivity contribution in [2.75, 3.05) is 41.0 Å². The molecule has 0 amide bonds. The van der Waals surface area contributed by atoms with Gasteiger partial charge >= 0.3 is 5.97 Å². The van der Waals surface area contributed by atoms with E-state index in [4.69, 9.17) is 34.1 Å². The van der Waals surface area contributed by atoms with Gasteiger partial charge in [0.25, 0.3) is 0 Å². The number of benzene rings is 8. The molecule has 8 fully saturated rings. The average Bonchev–Trinajstić information content (AvgIpc) is 1.67. The number of aromatic amines is 8. The smallest absolute Gasteiger partial charge is 0.311 e. The Morgan fingerprint density at radius 3 is 0.818 bits per heavy atom. The quantitative estimate of drug-likeness (QED) is 0.0160. The second-order valence-corrected chi connectivity index (χ2v) is 40.8. The fourth-order valence-electron chi connectivity index (χ4n) is 23.0. The standard InChI is InChI=1S/C31H37N5O2.C30H33N5O2.C30H35N5.C29H32N4/c1-37-28(38-2)18-26-29(36-31(34-26)25-8-5-17-32-25)23-15-11-21(12-16-23)20-9-13-22(14-10-20)27-19-33-30(35-27)24-6-3-4-7-24;1-37-27(36)17-25-28(35-30(33-25)24-7-4-16-31-24)22-14-10-20(11-15-22)19-8-12-21(13-9-19)26-18-32-29(34-26)23-5-2-3-6-23;1-2-6-25-28(35-30(33-25)26-9-5-18-31-26)23-16-12-21(13-17-23)20-10-14-22(15-11-20)27-19-32-29(34-27)24-7-3-4-8-24;1-19-27(33-29(31-19)25-8-4-5-9-25)23-16-12-21(13-17-23)20-10-14-22(15-11-20)26-18-30-28(32-26)24-6-2-3-7-24/h9-16,19,24-25,28,32H,3-8,17-18H2,1-2H3,(H,33,35)(H,34,36);8-15,18,23-24,31H,2-7,16-17H2,1H3,(H,32,34)(H,33,35);10-17,19,24,26,31H,2-9,18H2,1H3,(H,32,34)(H,33,35);10-18,24-25H,2-9H2,1H3,(H,30,32)(H,31,33)/t25-;24-;26-;/m000./s1. The summed E-state index contributed by atoms with van der Waals surface area (Å²) in [6, 6.07) is 70.5. The summed E-state index contributed by atoms with van der Waals surface area (Å²) in [6.07, 6.45) is 43.1. The third-order valence-electron chi connectivity index (χ3n) is 31.3. The molecule has 8 aliphatic rings. The van der Waals surface area contributed by atoms with Gasteiger partial charge in [-0.15, -0.1) is 0 Å². The van der Waals surface area contributed by atoms with Crippen LogP contribution in [0.5, 0.6) is 0 Å². The Morgan fingerprint density at radius 1 is 0.287 bits per heavy atom.